The van der Waals surface area contributed by atoms with Crippen LogP contribution in [0, 0.1) is 0 Å². The normalized spacial score (nSPS) is 14.3. The SMILES string of the molecule is CCCN(CCO)C(=O)Nc1ccc2nc(C3CC3)oc2c1. The van der Waals surface area contributed by atoms with E-state index in [1.807, 2.05) is 19.1 Å². The molecule has 6 nitrogen and oxygen atoms in total. The highest BCUT2D eigenvalue weighted by molar-refractivity contribution is 5.91. The van der Waals surface area contributed by atoms with Gasteiger partial charge in [-0.25, -0.2) is 9.78 Å². The first-order valence-electron chi connectivity index (χ1n) is 7.78. The number of nitrogens with one attached hydrogen (secondary N) is 1. The fraction of sp³-hybridized carbons (Fsp3) is 0.500. The summed E-state index contributed by atoms with van der Waals surface area (Å²) >= 11 is 0. The third-order valence-electron chi connectivity index (χ3n) is 3.73. The molecule has 0 aliphatic heterocycles. The van der Waals surface area contributed by atoms with Crippen molar-refractivity contribution in [3.05, 3.63) is 24.1 Å². The maximum Gasteiger partial charge on any atom is 0.321 e. The van der Waals surface area contributed by atoms with Gasteiger partial charge in [-0.3, -0.25) is 0 Å². The smallest absolute Gasteiger partial charge is 0.321 e. The van der Waals surface area contributed by atoms with Gasteiger partial charge in [0.15, 0.2) is 11.5 Å². The molecule has 1 aromatic heterocycles. The third-order valence-corrected chi connectivity index (χ3v) is 3.73. The van der Waals surface area contributed by atoms with E-state index >= 15 is 0 Å². The number of anilines is 1. The minimum absolute atomic E-state index is 0.0424. The Bertz CT molecular complexity index is 658. The molecule has 22 heavy (non-hydrogen) atoms. The van der Waals surface area contributed by atoms with Gasteiger partial charge in [0.1, 0.15) is 5.52 Å². The van der Waals surface area contributed by atoms with Gasteiger partial charge in [0.05, 0.1) is 6.61 Å². The van der Waals surface area contributed by atoms with Gasteiger partial charge in [-0.15, -0.1) is 0 Å². The summed E-state index contributed by atoms with van der Waals surface area (Å²) in [6, 6.07) is 5.27. The van der Waals surface area contributed by atoms with Gasteiger partial charge in [0.25, 0.3) is 0 Å². The van der Waals surface area contributed by atoms with E-state index in [1.54, 1.807) is 11.0 Å². The van der Waals surface area contributed by atoms with E-state index in [0.29, 0.717) is 30.3 Å². The fourth-order valence-corrected chi connectivity index (χ4v) is 2.43. The Hall–Kier alpha value is -2.08. The lowest BCUT2D eigenvalue weighted by Crippen LogP contribution is -2.37. The molecule has 1 heterocycles. The summed E-state index contributed by atoms with van der Waals surface area (Å²) in [7, 11) is 0. The molecule has 1 fully saturated rings. The number of oxazole rings is 1. The summed E-state index contributed by atoms with van der Waals surface area (Å²) in [6.45, 7) is 2.90. The number of hydrogen-bond donors (Lipinski definition) is 2. The number of fused-ring (bicyclic) bond motifs is 1. The van der Waals surface area contributed by atoms with Gasteiger partial charge in [0, 0.05) is 30.8 Å². The quantitative estimate of drug-likeness (QED) is 0.860. The lowest BCUT2D eigenvalue weighted by molar-refractivity contribution is 0.188. The number of nitrogens with zero attached hydrogens (tertiary/aromatic N) is 2. The van der Waals surface area contributed by atoms with Crippen molar-refractivity contribution < 1.29 is 14.3 Å². The molecule has 0 bridgehead atoms. The lowest BCUT2D eigenvalue weighted by Gasteiger charge is -2.21. The highest BCUT2D eigenvalue weighted by Gasteiger charge is 2.28. The van der Waals surface area contributed by atoms with Crippen LogP contribution in [0.3, 0.4) is 0 Å². The molecule has 0 atom stereocenters. The van der Waals surface area contributed by atoms with E-state index < -0.39 is 0 Å². The highest BCUT2D eigenvalue weighted by Crippen LogP contribution is 2.40. The van der Waals surface area contributed by atoms with Crippen molar-refractivity contribution >= 4 is 22.8 Å². The van der Waals surface area contributed by atoms with Crippen LogP contribution in [-0.2, 0) is 0 Å². The average molecular weight is 303 g/mol. The van der Waals surface area contributed by atoms with Crippen LogP contribution in [0.1, 0.15) is 38.0 Å². The van der Waals surface area contributed by atoms with Crippen LogP contribution in [0.25, 0.3) is 11.1 Å². The first-order chi connectivity index (χ1) is 10.7. The molecule has 2 amide bonds. The van der Waals surface area contributed by atoms with E-state index in [2.05, 4.69) is 10.3 Å². The summed E-state index contributed by atoms with van der Waals surface area (Å²) < 4.78 is 5.75. The van der Waals surface area contributed by atoms with E-state index in [0.717, 1.165) is 30.7 Å². The van der Waals surface area contributed by atoms with Crippen LogP contribution in [-0.4, -0.2) is 40.7 Å². The predicted octanol–water partition coefficient (Wildman–Crippen LogP) is 2.94. The van der Waals surface area contributed by atoms with Gasteiger partial charge in [-0.2, -0.15) is 0 Å². The molecular formula is C16H21N3O3. The van der Waals surface area contributed by atoms with Gasteiger partial charge >= 0.3 is 6.03 Å². The largest absolute Gasteiger partial charge is 0.440 e. The number of aromatic nitrogens is 1. The van der Waals surface area contributed by atoms with Crippen molar-refractivity contribution in [2.75, 3.05) is 25.0 Å². The van der Waals surface area contributed by atoms with Crippen LogP contribution < -0.4 is 5.32 Å². The molecule has 0 unspecified atom stereocenters. The van der Waals surface area contributed by atoms with Crippen molar-refractivity contribution in [1.29, 1.82) is 0 Å². The van der Waals surface area contributed by atoms with Crippen molar-refractivity contribution in [2.45, 2.75) is 32.1 Å². The maximum absolute atomic E-state index is 12.2. The molecule has 118 valence electrons. The molecule has 3 rings (SSSR count). The van der Waals surface area contributed by atoms with E-state index in [1.165, 1.54) is 0 Å². The van der Waals surface area contributed by atoms with Crippen LogP contribution >= 0.6 is 0 Å². The number of aliphatic hydroxyl groups is 1. The number of amides is 2. The molecule has 1 aromatic carbocycles. The van der Waals surface area contributed by atoms with Gasteiger partial charge < -0.3 is 19.7 Å². The minimum atomic E-state index is -0.211. The number of benzene rings is 1. The lowest BCUT2D eigenvalue weighted by atomic mass is 10.3. The molecular weight excluding hydrogens is 282 g/mol. The van der Waals surface area contributed by atoms with E-state index in [9.17, 15) is 4.79 Å². The zero-order valence-electron chi connectivity index (χ0n) is 12.7. The Morgan fingerprint density at radius 2 is 2.27 bits per heavy atom. The standard InChI is InChI=1S/C16H21N3O3/c1-2-7-19(8-9-20)16(21)17-12-5-6-13-14(10-12)22-15(18-13)11-3-4-11/h5-6,10-11,20H,2-4,7-9H2,1H3,(H,17,21). The summed E-state index contributed by atoms with van der Waals surface area (Å²) in [5, 5.41) is 11.9. The topological polar surface area (TPSA) is 78.6 Å². The minimum Gasteiger partial charge on any atom is -0.440 e. The van der Waals surface area contributed by atoms with Gasteiger partial charge in [-0.1, -0.05) is 6.92 Å². The Labute approximate surface area is 129 Å². The molecule has 6 heteroatoms. The first-order valence-corrected chi connectivity index (χ1v) is 7.78. The maximum atomic E-state index is 12.2. The molecule has 2 N–H and O–H groups in total. The number of hydrogen-bond acceptors (Lipinski definition) is 4. The molecule has 1 aliphatic rings. The highest BCUT2D eigenvalue weighted by atomic mass is 16.3. The predicted molar refractivity (Wildman–Crippen MR) is 84.0 cm³/mol. The summed E-state index contributed by atoms with van der Waals surface area (Å²) in [4.78, 5) is 18.3. The number of aliphatic hydroxyl groups excluding tert-OH is 1. The van der Waals surface area contributed by atoms with Gasteiger partial charge in [0.2, 0.25) is 0 Å². The molecule has 0 saturated heterocycles. The Morgan fingerprint density at radius 3 is 2.95 bits per heavy atom. The molecule has 1 saturated carbocycles. The van der Waals surface area contributed by atoms with Crippen molar-refractivity contribution in [2.24, 2.45) is 0 Å². The van der Waals surface area contributed by atoms with Gasteiger partial charge in [-0.05, 0) is 31.4 Å². The summed E-state index contributed by atoms with van der Waals surface area (Å²) in [5.41, 5.74) is 2.19. The molecule has 2 aromatic rings. The Balaban J connectivity index is 1.73. The zero-order valence-corrected chi connectivity index (χ0v) is 12.7. The number of urea groups is 1. The second-order valence-electron chi connectivity index (χ2n) is 5.65. The van der Waals surface area contributed by atoms with E-state index in [4.69, 9.17) is 9.52 Å². The van der Waals surface area contributed by atoms with Crippen LogP contribution in [0.4, 0.5) is 10.5 Å². The second kappa shape index (κ2) is 6.36. The van der Waals surface area contributed by atoms with Crippen molar-refractivity contribution in [3.8, 4) is 0 Å². The van der Waals surface area contributed by atoms with Crippen molar-refractivity contribution in [1.82, 2.24) is 9.88 Å². The first kappa shape index (κ1) is 14.8. The fourth-order valence-electron chi connectivity index (χ4n) is 2.43. The third kappa shape index (κ3) is 3.22. The second-order valence-corrected chi connectivity index (χ2v) is 5.65. The van der Waals surface area contributed by atoms with E-state index in [-0.39, 0.29) is 12.6 Å². The summed E-state index contributed by atoms with van der Waals surface area (Å²) in [6.07, 6.45) is 3.13. The number of carbonyl (C=O) groups is 1. The molecule has 0 radical (unpaired) electrons. The van der Waals surface area contributed by atoms with Crippen molar-refractivity contribution in [3.63, 3.8) is 0 Å². The monoisotopic (exact) mass is 303 g/mol. The number of rotatable bonds is 6. The molecule has 1 aliphatic carbocycles. The van der Waals surface area contributed by atoms with Crippen LogP contribution in [0.2, 0.25) is 0 Å². The number of carbonyl (C=O) groups excluding carboxylic acids is 1. The Kier molecular flexibility index (Phi) is 4.29. The summed E-state index contributed by atoms with van der Waals surface area (Å²) in [5.74, 6) is 1.27. The van der Waals surface area contributed by atoms with Crippen LogP contribution in [0.15, 0.2) is 22.6 Å². The average Bonchev–Trinajstić information content (AvgIpc) is 3.27. The zero-order chi connectivity index (χ0) is 15.5. The molecule has 0 spiro atoms. The van der Waals surface area contributed by atoms with Crippen LogP contribution in [0.5, 0.6) is 0 Å². The Morgan fingerprint density at radius 1 is 1.45 bits per heavy atom.